The van der Waals surface area contributed by atoms with Gasteiger partial charge in [-0.05, 0) is 12.8 Å². The molecule has 0 atom stereocenters. The van der Waals surface area contributed by atoms with E-state index in [1.807, 2.05) is 0 Å². The van der Waals surface area contributed by atoms with Gasteiger partial charge in [-0.25, -0.2) is 0 Å². The van der Waals surface area contributed by atoms with Crippen molar-refractivity contribution in [2.24, 2.45) is 0 Å². The average Bonchev–Trinajstić information content (AvgIpc) is 2.17. The highest BCUT2D eigenvalue weighted by molar-refractivity contribution is 4.81. The lowest BCUT2D eigenvalue weighted by molar-refractivity contribution is -0.105. The van der Waals surface area contributed by atoms with E-state index in [9.17, 15) is 0 Å². The molecule has 0 aliphatic heterocycles. The first-order valence-corrected chi connectivity index (χ1v) is 5.05. The topological polar surface area (TPSA) is 18.5 Å². The van der Waals surface area contributed by atoms with E-state index < -0.39 is 0 Å². The molecule has 0 unspecified atom stereocenters. The predicted molar refractivity (Wildman–Crippen MR) is 55.7 cm³/mol. The fraction of sp³-hybridized carbons (Fsp3) is 0.818. The van der Waals surface area contributed by atoms with E-state index in [-0.39, 0.29) is 6.29 Å². The molecular weight excluding hydrogens is 164 g/mol. The molecule has 0 heterocycles. The van der Waals surface area contributed by atoms with Crippen LogP contribution in [0, 0.1) is 0 Å². The molecule has 0 aromatic heterocycles. The van der Waals surface area contributed by atoms with E-state index in [0.717, 1.165) is 12.8 Å². The van der Waals surface area contributed by atoms with Crippen molar-refractivity contribution in [1.82, 2.24) is 0 Å². The minimum Gasteiger partial charge on any atom is -0.356 e. The molecule has 0 aromatic carbocycles. The van der Waals surface area contributed by atoms with Gasteiger partial charge in [0, 0.05) is 20.6 Å². The molecule has 2 heteroatoms. The van der Waals surface area contributed by atoms with Crippen LogP contribution in [0.25, 0.3) is 0 Å². The standard InChI is InChI=1S/C11H22O2/c1-4-5-6-7-8-9-10-11(12-2)13-3/h7-8,11H,4-6,9-10H2,1-3H3. The van der Waals surface area contributed by atoms with Crippen molar-refractivity contribution in [2.45, 2.75) is 45.3 Å². The van der Waals surface area contributed by atoms with Crippen LogP contribution in [-0.4, -0.2) is 20.5 Å². The molecule has 0 aliphatic rings. The van der Waals surface area contributed by atoms with Gasteiger partial charge >= 0.3 is 0 Å². The van der Waals surface area contributed by atoms with Gasteiger partial charge in [0.15, 0.2) is 6.29 Å². The maximum atomic E-state index is 5.07. The lowest BCUT2D eigenvalue weighted by Gasteiger charge is -2.10. The smallest absolute Gasteiger partial charge is 0.157 e. The maximum Gasteiger partial charge on any atom is 0.157 e. The molecule has 0 N–H and O–H groups in total. The molecule has 13 heavy (non-hydrogen) atoms. The van der Waals surface area contributed by atoms with E-state index in [4.69, 9.17) is 9.47 Å². The number of ether oxygens (including phenoxy) is 2. The summed E-state index contributed by atoms with van der Waals surface area (Å²) < 4.78 is 10.1. The Labute approximate surface area is 81.9 Å². The molecule has 0 amide bonds. The molecular formula is C11H22O2. The Bertz CT molecular complexity index is 117. The maximum absolute atomic E-state index is 5.07. The van der Waals surface area contributed by atoms with E-state index in [1.165, 1.54) is 19.3 Å². The number of rotatable bonds is 8. The SMILES string of the molecule is CCCCC=CCCC(OC)OC. The number of allylic oxidation sites excluding steroid dienone is 2. The minimum absolute atomic E-state index is 0.0455. The molecule has 2 nitrogen and oxygen atoms in total. The second-order valence-electron chi connectivity index (χ2n) is 3.09. The van der Waals surface area contributed by atoms with Gasteiger partial charge in [0.25, 0.3) is 0 Å². The van der Waals surface area contributed by atoms with E-state index in [2.05, 4.69) is 19.1 Å². The average molecular weight is 186 g/mol. The number of hydrogen-bond acceptors (Lipinski definition) is 2. The molecule has 0 spiro atoms. The Morgan fingerprint density at radius 2 is 1.69 bits per heavy atom. The van der Waals surface area contributed by atoms with E-state index >= 15 is 0 Å². The van der Waals surface area contributed by atoms with Crippen molar-refractivity contribution in [3.8, 4) is 0 Å². The van der Waals surface area contributed by atoms with E-state index in [1.54, 1.807) is 14.2 Å². The molecule has 0 radical (unpaired) electrons. The monoisotopic (exact) mass is 186 g/mol. The van der Waals surface area contributed by atoms with Gasteiger partial charge in [-0.3, -0.25) is 0 Å². The fourth-order valence-corrected chi connectivity index (χ4v) is 1.12. The van der Waals surface area contributed by atoms with Crippen LogP contribution in [0.3, 0.4) is 0 Å². The van der Waals surface area contributed by atoms with Gasteiger partial charge in [0.05, 0.1) is 0 Å². The molecule has 0 aromatic rings. The summed E-state index contributed by atoms with van der Waals surface area (Å²) in [5.41, 5.74) is 0. The van der Waals surface area contributed by atoms with Crippen molar-refractivity contribution in [1.29, 1.82) is 0 Å². The highest BCUT2D eigenvalue weighted by atomic mass is 16.7. The van der Waals surface area contributed by atoms with Crippen LogP contribution in [0.1, 0.15) is 39.0 Å². The summed E-state index contributed by atoms with van der Waals surface area (Å²) >= 11 is 0. The van der Waals surface area contributed by atoms with E-state index in [0.29, 0.717) is 0 Å². The second kappa shape index (κ2) is 9.75. The minimum atomic E-state index is -0.0455. The zero-order valence-corrected chi connectivity index (χ0v) is 9.08. The Morgan fingerprint density at radius 1 is 1.08 bits per heavy atom. The highest BCUT2D eigenvalue weighted by Gasteiger charge is 2.01. The Kier molecular flexibility index (Phi) is 9.49. The van der Waals surface area contributed by atoms with Gasteiger partial charge < -0.3 is 9.47 Å². The van der Waals surface area contributed by atoms with Crippen LogP contribution in [0.5, 0.6) is 0 Å². The highest BCUT2D eigenvalue weighted by Crippen LogP contribution is 2.03. The van der Waals surface area contributed by atoms with Crippen molar-refractivity contribution in [3.05, 3.63) is 12.2 Å². The molecule has 0 bridgehead atoms. The summed E-state index contributed by atoms with van der Waals surface area (Å²) in [6.45, 7) is 2.21. The van der Waals surface area contributed by atoms with Gasteiger partial charge in [0.1, 0.15) is 0 Å². The Balaban J connectivity index is 3.26. The number of methoxy groups -OCH3 is 2. The lowest BCUT2D eigenvalue weighted by Crippen LogP contribution is -2.11. The third kappa shape index (κ3) is 8.00. The third-order valence-corrected chi connectivity index (χ3v) is 1.99. The molecule has 0 fully saturated rings. The zero-order valence-electron chi connectivity index (χ0n) is 9.08. The first-order valence-electron chi connectivity index (χ1n) is 5.05. The van der Waals surface area contributed by atoms with Crippen molar-refractivity contribution >= 4 is 0 Å². The van der Waals surface area contributed by atoms with Crippen LogP contribution < -0.4 is 0 Å². The summed E-state index contributed by atoms with van der Waals surface area (Å²) in [7, 11) is 3.35. The molecule has 0 rings (SSSR count). The summed E-state index contributed by atoms with van der Waals surface area (Å²) in [5, 5.41) is 0. The summed E-state index contributed by atoms with van der Waals surface area (Å²) in [6.07, 6.45) is 10.1. The fourth-order valence-electron chi connectivity index (χ4n) is 1.12. The van der Waals surface area contributed by atoms with Crippen LogP contribution in [0.15, 0.2) is 12.2 Å². The van der Waals surface area contributed by atoms with Gasteiger partial charge in [-0.1, -0.05) is 31.9 Å². The molecule has 0 aliphatic carbocycles. The lowest BCUT2D eigenvalue weighted by atomic mass is 10.2. The van der Waals surface area contributed by atoms with Crippen LogP contribution in [-0.2, 0) is 9.47 Å². The first kappa shape index (κ1) is 12.7. The zero-order chi connectivity index (χ0) is 9.94. The predicted octanol–water partition coefficient (Wildman–Crippen LogP) is 3.13. The van der Waals surface area contributed by atoms with Gasteiger partial charge in [-0.15, -0.1) is 0 Å². The molecule has 0 saturated carbocycles. The van der Waals surface area contributed by atoms with Gasteiger partial charge in [0.2, 0.25) is 0 Å². The van der Waals surface area contributed by atoms with Crippen molar-refractivity contribution in [3.63, 3.8) is 0 Å². The summed E-state index contributed by atoms with van der Waals surface area (Å²) in [6, 6.07) is 0. The number of hydrogen-bond donors (Lipinski definition) is 0. The molecule has 78 valence electrons. The quantitative estimate of drug-likeness (QED) is 0.329. The molecule has 0 saturated heterocycles. The van der Waals surface area contributed by atoms with Crippen molar-refractivity contribution in [2.75, 3.05) is 14.2 Å². The summed E-state index contributed by atoms with van der Waals surface area (Å²) in [5.74, 6) is 0. The Hall–Kier alpha value is -0.340. The normalized spacial score (nSPS) is 11.7. The second-order valence-corrected chi connectivity index (χ2v) is 3.09. The largest absolute Gasteiger partial charge is 0.356 e. The number of unbranched alkanes of at least 4 members (excludes halogenated alkanes) is 2. The van der Waals surface area contributed by atoms with Gasteiger partial charge in [-0.2, -0.15) is 0 Å². The van der Waals surface area contributed by atoms with Crippen LogP contribution in [0.2, 0.25) is 0 Å². The Morgan fingerprint density at radius 3 is 2.23 bits per heavy atom. The van der Waals surface area contributed by atoms with Crippen molar-refractivity contribution < 1.29 is 9.47 Å². The first-order chi connectivity index (χ1) is 6.35. The van der Waals surface area contributed by atoms with Crippen LogP contribution in [0.4, 0.5) is 0 Å². The summed E-state index contributed by atoms with van der Waals surface area (Å²) in [4.78, 5) is 0. The van der Waals surface area contributed by atoms with Crippen LogP contribution >= 0.6 is 0 Å². The third-order valence-electron chi connectivity index (χ3n) is 1.99.